The topological polar surface area (TPSA) is 106 Å². The minimum atomic E-state index is -1.05. The molecule has 9 heteroatoms. The highest BCUT2D eigenvalue weighted by molar-refractivity contribution is 7.99. The summed E-state index contributed by atoms with van der Waals surface area (Å²) < 4.78 is 7.43. The number of aromatic nitrogens is 3. The molecule has 28 heavy (non-hydrogen) atoms. The van der Waals surface area contributed by atoms with Gasteiger partial charge in [0.2, 0.25) is 5.91 Å². The molecular formula is C19H18N4O4S. The standard InChI is InChI=1S/C19H18N4O4S/c1-23-16(11-27-15-8-3-2-4-9-15)21-22-19(23)28-12-17(24)20-14-7-5-6-13(10-14)18(25)26/h2-10H,11-12H2,1H3,(H,20,24)(H,25,26). The van der Waals surface area contributed by atoms with Crippen LogP contribution in [0.25, 0.3) is 0 Å². The van der Waals surface area contributed by atoms with Gasteiger partial charge in [0.1, 0.15) is 12.4 Å². The van der Waals surface area contributed by atoms with E-state index < -0.39 is 5.97 Å². The van der Waals surface area contributed by atoms with Crippen LogP contribution in [0.5, 0.6) is 5.75 Å². The zero-order valence-electron chi connectivity index (χ0n) is 15.0. The number of hydrogen-bond donors (Lipinski definition) is 2. The summed E-state index contributed by atoms with van der Waals surface area (Å²) in [5, 5.41) is 20.4. The van der Waals surface area contributed by atoms with E-state index in [1.165, 1.54) is 23.9 Å². The molecule has 3 rings (SSSR count). The molecule has 0 unspecified atom stereocenters. The molecule has 0 spiro atoms. The third-order valence-corrected chi connectivity index (χ3v) is 4.78. The fraction of sp³-hybridized carbons (Fsp3) is 0.158. The van der Waals surface area contributed by atoms with Crippen molar-refractivity contribution in [2.75, 3.05) is 11.1 Å². The first-order valence-electron chi connectivity index (χ1n) is 8.35. The summed E-state index contributed by atoms with van der Waals surface area (Å²) in [5.41, 5.74) is 0.544. The lowest BCUT2D eigenvalue weighted by atomic mass is 10.2. The van der Waals surface area contributed by atoms with Crippen molar-refractivity contribution in [3.8, 4) is 5.75 Å². The molecule has 1 aromatic heterocycles. The predicted octanol–water partition coefficient (Wildman–Crippen LogP) is 2.82. The van der Waals surface area contributed by atoms with Crippen molar-refractivity contribution < 1.29 is 19.4 Å². The SMILES string of the molecule is Cn1c(COc2ccccc2)nnc1SCC(=O)Nc1cccc(C(=O)O)c1. The van der Waals surface area contributed by atoms with Gasteiger partial charge >= 0.3 is 5.97 Å². The number of carboxylic acids is 1. The second-order valence-electron chi connectivity index (χ2n) is 5.78. The van der Waals surface area contributed by atoms with Crippen LogP contribution in [-0.2, 0) is 18.4 Å². The van der Waals surface area contributed by atoms with Crippen molar-refractivity contribution in [1.82, 2.24) is 14.8 Å². The van der Waals surface area contributed by atoms with Gasteiger partial charge in [0.15, 0.2) is 11.0 Å². The van der Waals surface area contributed by atoms with Crippen LogP contribution in [0.1, 0.15) is 16.2 Å². The summed E-state index contributed by atoms with van der Waals surface area (Å²) in [6, 6.07) is 15.5. The number of nitrogens with zero attached hydrogens (tertiary/aromatic N) is 3. The number of rotatable bonds is 8. The minimum Gasteiger partial charge on any atom is -0.486 e. The van der Waals surface area contributed by atoms with Crippen LogP contribution in [0, 0.1) is 0 Å². The van der Waals surface area contributed by atoms with Crippen molar-refractivity contribution >= 4 is 29.3 Å². The van der Waals surface area contributed by atoms with Gasteiger partial charge in [0, 0.05) is 12.7 Å². The van der Waals surface area contributed by atoms with Crippen LogP contribution in [-0.4, -0.2) is 37.5 Å². The van der Waals surface area contributed by atoms with Crippen LogP contribution in [0.2, 0.25) is 0 Å². The average molecular weight is 398 g/mol. The number of hydrogen-bond acceptors (Lipinski definition) is 6. The van der Waals surface area contributed by atoms with E-state index in [1.54, 1.807) is 23.7 Å². The number of amides is 1. The van der Waals surface area contributed by atoms with Crippen molar-refractivity contribution in [2.45, 2.75) is 11.8 Å². The number of nitrogens with one attached hydrogen (secondary N) is 1. The van der Waals surface area contributed by atoms with Crippen molar-refractivity contribution in [1.29, 1.82) is 0 Å². The molecule has 0 bridgehead atoms. The lowest BCUT2D eigenvalue weighted by molar-refractivity contribution is -0.113. The van der Waals surface area contributed by atoms with Crippen molar-refractivity contribution in [3.63, 3.8) is 0 Å². The number of para-hydroxylation sites is 1. The number of carboxylic acid groups (broad SMARTS) is 1. The molecule has 1 heterocycles. The van der Waals surface area contributed by atoms with Crippen LogP contribution < -0.4 is 10.1 Å². The molecule has 0 saturated heterocycles. The summed E-state index contributed by atoms with van der Waals surface area (Å²) in [4.78, 5) is 23.1. The summed E-state index contributed by atoms with van der Waals surface area (Å²) in [7, 11) is 1.81. The van der Waals surface area contributed by atoms with Gasteiger partial charge in [-0.25, -0.2) is 4.79 Å². The van der Waals surface area contributed by atoms with E-state index in [-0.39, 0.29) is 23.8 Å². The third kappa shape index (κ3) is 5.10. The van der Waals surface area contributed by atoms with E-state index >= 15 is 0 Å². The first kappa shape index (κ1) is 19.4. The normalized spacial score (nSPS) is 10.5. The molecule has 0 aliphatic carbocycles. The molecule has 0 fully saturated rings. The molecule has 0 radical (unpaired) electrons. The molecule has 1 amide bonds. The third-order valence-electron chi connectivity index (χ3n) is 3.76. The average Bonchev–Trinajstić information content (AvgIpc) is 3.05. The highest BCUT2D eigenvalue weighted by Gasteiger charge is 2.13. The summed E-state index contributed by atoms with van der Waals surface area (Å²) in [5.74, 6) is 0.180. The van der Waals surface area contributed by atoms with E-state index in [2.05, 4.69) is 15.5 Å². The lowest BCUT2D eigenvalue weighted by Crippen LogP contribution is -2.15. The molecule has 2 N–H and O–H groups in total. The zero-order chi connectivity index (χ0) is 19.9. The van der Waals surface area contributed by atoms with E-state index in [0.717, 1.165) is 5.75 Å². The van der Waals surface area contributed by atoms with Crippen molar-refractivity contribution in [3.05, 3.63) is 66.0 Å². The Morgan fingerprint density at radius 1 is 1.14 bits per heavy atom. The molecule has 3 aromatic rings. The van der Waals surface area contributed by atoms with Gasteiger partial charge in [0.25, 0.3) is 0 Å². The molecule has 0 atom stereocenters. The number of anilines is 1. The number of carbonyl (C=O) groups is 2. The molecular weight excluding hydrogens is 380 g/mol. The number of carbonyl (C=O) groups excluding carboxylic acids is 1. The Labute approximate surface area is 165 Å². The monoisotopic (exact) mass is 398 g/mol. The first-order chi connectivity index (χ1) is 13.5. The van der Waals surface area contributed by atoms with Gasteiger partial charge < -0.3 is 19.7 Å². The zero-order valence-corrected chi connectivity index (χ0v) is 15.8. The number of thioether (sulfide) groups is 1. The first-order valence-corrected chi connectivity index (χ1v) is 9.33. The van der Waals surface area contributed by atoms with E-state index in [4.69, 9.17) is 9.84 Å². The second kappa shape index (κ2) is 9.05. The molecule has 0 aliphatic rings. The lowest BCUT2D eigenvalue weighted by Gasteiger charge is -2.07. The van der Waals surface area contributed by atoms with Crippen LogP contribution in [0.3, 0.4) is 0 Å². The van der Waals surface area contributed by atoms with Gasteiger partial charge in [0.05, 0.1) is 11.3 Å². The maximum absolute atomic E-state index is 12.1. The summed E-state index contributed by atoms with van der Waals surface area (Å²) in [6.07, 6.45) is 0. The number of ether oxygens (including phenoxy) is 1. The highest BCUT2D eigenvalue weighted by Crippen LogP contribution is 2.18. The highest BCUT2D eigenvalue weighted by atomic mass is 32.2. The van der Waals surface area contributed by atoms with Gasteiger partial charge in [-0.2, -0.15) is 0 Å². The summed E-state index contributed by atoms with van der Waals surface area (Å²) in [6.45, 7) is 0.266. The Kier molecular flexibility index (Phi) is 6.28. The molecule has 0 aliphatic heterocycles. The van der Waals surface area contributed by atoms with Gasteiger partial charge in [-0.05, 0) is 30.3 Å². The molecule has 144 valence electrons. The van der Waals surface area contributed by atoms with E-state index in [9.17, 15) is 9.59 Å². The Morgan fingerprint density at radius 2 is 1.93 bits per heavy atom. The van der Waals surface area contributed by atoms with Crippen LogP contribution in [0.15, 0.2) is 59.8 Å². The fourth-order valence-corrected chi connectivity index (χ4v) is 3.05. The Morgan fingerprint density at radius 3 is 2.68 bits per heavy atom. The van der Waals surface area contributed by atoms with E-state index in [0.29, 0.717) is 16.7 Å². The Bertz CT molecular complexity index is 975. The Balaban J connectivity index is 1.53. The van der Waals surface area contributed by atoms with Gasteiger partial charge in [-0.1, -0.05) is 36.0 Å². The van der Waals surface area contributed by atoms with Crippen LogP contribution in [0.4, 0.5) is 5.69 Å². The minimum absolute atomic E-state index is 0.113. The van der Waals surface area contributed by atoms with Crippen molar-refractivity contribution in [2.24, 2.45) is 7.05 Å². The quantitative estimate of drug-likeness (QED) is 0.562. The number of benzene rings is 2. The van der Waals surface area contributed by atoms with Gasteiger partial charge in [-0.3, -0.25) is 4.79 Å². The predicted molar refractivity (Wildman–Crippen MR) is 105 cm³/mol. The second-order valence-corrected chi connectivity index (χ2v) is 6.72. The largest absolute Gasteiger partial charge is 0.486 e. The summed E-state index contributed by atoms with van der Waals surface area (Å²) >= 11 is 1.23. The number of aromatic carboxylic acids is 1. The fourth-order valence-electron chi connectivity index (χ4n) is 2.32. The molecule has 0 saturated carbocycles. The molecule has 8 nitrogen and oxygen atoms in total. The Hall–Kier alpha value is -3.33. The van der Waals surface area contributed by atoms with Gasteiger partial charge in [-0.15, -0.1) is 10.2 Å². The van der Waals surface area contributed by atoms with E-state index in [1.807, 2.05) is 30.3 Å². The maximum atomic E-state index is 12.1. The van der Waals surface area contributed by atoms with Crippen LogP contribution >= 0.6 is 11.8 Å². The smallest absolute Gasteiger partial charge is 0.335 e. The maximum Gasteiger partial charge on any atom is 0.335 e. The molecule has 2 aromatic carbocycles.